The molecule has 1 aromatic heterocycles. The molecule has 2 nitrogen and oxygen atoms in total. The number of hydrogen-bond donors (Lipinski definition) is 0. The number of rotatable bonds is 1. The molecule has 0 unspecified atom stereocenters. The number of aromatic nitrogens is 2. The lowest BCUT2D eigenvalue weighted by atomic mass is 10.1. The smallest absolute Gasteiger partial charge is 0.171 e. The van der Waals surface area contributed by atoms with Crippen molar-refractivity contribution in [1.82, 2.24) is 8.75 Å². The highest BCUT2D eigenvalue weighted by atomic mass is 35.5. The number of nitrogens with zero attached hydrogens (tertiary/aromatic N) is 2. The molecule has 2 aromatic rings. The zero-order valence-corrected chi connectivity index (χ0v) is 9.00. The van der Waals surface area contributed by atoms with Crippen LogP contribution in [0.2, 0.25) is 10.2 Å². The van der Waals surface area contributed by atoms with Gasteiger partial charge in [0.15, 0.2) is 5.15 Å². The zero-order chi connectivity index (χ0) is 10.1. The predicted octanol–water partition coefficient (Wildman–Crippen LogP) is 3.65. The molecule has 0 atom stereocenters. The molecule has 1 heterocycles. The van der Waals surface area contributed by atoms with Gasteiger partial charge in [-0.2, -0.15) is 8.75 Å². The van der Waals surface area contributed by atoms with E-state index in [1.165, 1.54) is 12.1 Å². The summed E-state index contributed by atoms with van der Waals surface area (Å²) in [4.78, 5) is 0. The highest BCUT2D eigenvalue weighted by Crippen LogP contribution is 2.33. The Bertz CT molecular complexity index is 452. The molecule has 2 rings (SSSR count). The van der Waals surface area contributed by atoms with Crippen LogP contribution in [0.4, 0.5) is 4.39 Å². The SMILES string of the molecule is Fc1cccc(Cl)c1-c1nsnc1Cl. The van der Waals surface area contributed by atoms with Gasteiger partial charge in [-0.1, -0.05) is 29.3 Å². The molecule has 0 N–H and O–H groups in total. The van der Waals surface area contributed by atoms with Crippen molar-refractivity contribution >= 4 is 34.9 Å². The fourth-order valence-corrected chi connectivity index (χ4v) is 2.04. The van der Waals surface area contributed by atoms with Crippen LogP contribution in [0.3, 0.4) is 0 Å². The summed E-state index contributed by atoms with van der Waals surface area (Å²) in [6, 6.07) is 4.40. The average Bonchev–Trinajstić information content (AvgIpc) is 2.52. The normalized spacial score (nSPS) is 10.5. The molecule has 1 aromatic carbocycles. The van der Waals surface area contributed by atoms with Gasteiger partial charge < -0.3 is 0 Å². The molecule has 0 spiro atoms. The zero-order valence-electron chi connectivity index (χ0n) is 6.67. The summed E-state index contributed by atoms with van der Waals surface area (Å²) in [6.07, 6.45) is 0. The first kappa shape index (κ1) is 9.83. The monoisotopic (exact) mass is 248 g/mol. The Morgan fingerprint density at radius 2 is 2.00 bits per heavy atom. The van der Waals surface area contributed by atoms with Crippen molar-refractivity contribution in [3.05, 3.63) is 34.2 Å². The first-order valence-corrected chi connectivity index (χ1v) is 5.11. The lowest BCUT2D eigenvalue weighted by molar-refractivity contribution is 0.631. The molecule has 0 saturated carbocycles. The van der Waals surface area contributed by atoms with E-state index in [0.717, 1.165) is 11.7 Å². The standard InChI is InChI=1S/C8H3Cl2FN2S/c9-4-2-1-3-5(11)6(4)7-8(10)13-14-12-7/h1-3H. The Hall–Kier alpha value is -0.710. The third-order valence-corrected chi connectivity index (χ3v) is 2.86. The van der Waals surface area contributed by atoms with Crippen LogP contribution in [-0.2, 0) is 0 Å². The van der Waals surface area contributed by atoms with Gasteiger partial charge in [-0.05, 0) is 12.1 Å². The Labute approximate surface area is 93.6 Å². The van der Waals surface area contributed by atoms with Crippen LogP contribution in [0.15, 0.2) is 18.2 Å². The summed E-state index contributed by atoms with van der Waals surface area (Å²) in [5.41, 5.74) is 0.493. The minimum Gasteiger partial charge on any atom is -0.206 e. The molecule has 0 saturated heterocycles. The van der Waals surface area contributed by atoms with Crippen LogP contribution in [-0.4, -0.2) is 8.75 Å². The third-order valence-electron chi connectivity index (χ3n) is 1.65. The van der Waals surface area contributed by atoms with E-state index >= 15 is 0 Å². The predicted molar refractivity (Wildman–Crippen MR) is 55.3 cm³/mol. The van der Waals surface area contributed by atoms with Gasteiger partial charge in [0.2, 0.25) is 0 Å². The number of benzene rings is 1. The maximum Gasteiger partial charge on any atom is 0.171 e. The maximum atomic E-state index is 13.4. The van der Waals surface area contributed by atoms with Gasteiger partial charge in [0, 0.05) is 0 Å². The van der Waals surface area contributed by atoms with E-state index in [1.807, 2.05) is 0 Å². The van der Waals surface area contributed by atoms with Crippen molar-refractivity contribution in [3.8, 4) is 11.3 Å². The summed E-state index contributed by atoms with van der Waals surface area (Å²) in [6.45, 7) is 0. The Kier molecular flexibility index (Phi) is 2.67. The topological polar surface area (TPSA) is 25.8 Å². The first-order valence-electron chi connectivity index (χ1n) is 3.62. The van der Waals surface area contributed by atoms with Crippen molar-refractivity contribution in [2.75, 3.05) is 0 Å². The molecule has 0 fully saturated rings. The van der Waals surface area contributed by atoms with Crippen molar-refractivity contribution in [2.45, 2.75) is 0 Å². The number of halogens is 3. The summed E-state index contributed by atoms with van der Waals surface area (Å²) >= 11 is 12.5. The molecular formula is C8H3Cl2FN2S. The molecule has 0 aliphatic carbocycles. The van der Waals surface area contributed by atoms with Crippen molar-refractivity contribution in [2.24, 2.45) is 0 Å². The van der Waals surface area contributed by atoms with Crippen LogP contribution in [0.5, 0.6) is 0 Å². The summed E-state index contributed by atoms with van der Waals surface area (Å²) < 4.78 is 21.0. The molecule has 0 aliphatic rings. The second-order valence-corrected chi connectivity index (χ2v) is 3.79. The van der Waals surface area contributed by atoms with E-state index < -0.39 is 5.82 Å². The quantitative estimate of drug-likeness (QED) is 0.770. The summed E-state index contributed by atoms with van der Waals surface area (Å²) in [5, 5.41) is 0.446. The largest absolute Gasteiger partial charge is 0.206 e. The molecule has 0 bridgehead atoms. The summed E-state index contributed by atoms with van der Waals surface area (Å²) in [5.74, 6) is -0.452. The maximum absolute atomic E-state index is 13.4. The fourth-order valence-electron chi connectivity index (χ4n) is 1.05. The van der Waals surface area contributed by atoms with Gasteiger partial charge in [0.25, 0.3) is 0 Å². The van der Waals surface area contributed by atoms with Gasteiger partial charge >= 0.3 is 0 Å². The van der Waals surface area contributed by atoms with E-state index in [2.05, 4.69) is 8.75 Å². The van der Waals surface area contributed by atoms with Gasteiger partial charge in [-0.3, -0.25) is 0 Å². The Morgan fingerprint density at radius 1 is 1.21 bits per heavy atom. The Balaban J connectivity index is 2.68. The lowest BCUT2D eigenvalue weighted by Gasteiger charge is -2.01. The van der Waals surface area contributed by atoms with Gasteiger partial charge in [-0.15, -0.1) is 0 Å². The average molecular weight is 249 g/mol. The van der Waals surface area contributed by atoms with Gasteiger partial charge in [0.1, 0.15) is 11.5 Å². The van der Waals surface area contributed by atoms with E-state index in [1.54, 1.807) is 6.07 Å². The van der Waals surface area contributed by atoms with Gasteiger partial charge in [0.05, 0.1) is 22.3 Å². The van der Waals surface area contributed by atoms with E-state index in [9.17, 15) is 4.39 Å². The van der Waals surface area contributed by atoms with Crippen molar-refractivity contribution < 1.29 is 4.39 Å². The minimum atomic E-state index is -0.452. The van der Waals surface area contributed by atoms with Crippen LogP contribution >= 0.6 is 34.9 Å². The van der Waals surface area contributed by atoms with E-state index in [0.29, 0.717) is 5.69 Å². The molecular weight excluding hydrogens is 246 g/mol. The molecule has 0 aliphatic heterocycles. The lowest BCUT2D eigenvalue weighted by Crippen LogP contribution is -1.86. The molecule has 72 valence electrons. The molecule has 6 heteroatoms. The first-order chi connectivity index (χ1) is 6.70. The summed E-state index contributed by atoms with van der Waals surface area (Å²) in [7, 11) is 0. The van der Waals surface area contributed by atoms with Crippen LogP contribution in [0.1, 0.15) is 0 Å². The van der Waals surface area contributed by atoms with Crippen LogP contribution in [0.25, 0.3) is 11.3 Å². The highest BCUT2D eigenvalue weighted by molar-refractivity contribution is 6.99. The second kappa shape index (κ2) is 3.81. The van der Waals surface area contributed by atoms with Crippen LogP contribution in [0, 0.1) is 5.82 Å². The third kappa shape index (κ3) is 1.61. The highest BCUT2D eigenvalue weighted by Gasteiger charge is 2.15. The molecule has 0 radical (unpaired) electrons. The molecule has 14 heavy (non-hydrogen) atoms. The fraction of sp³-hybridized carbons (Fsp3) is 0. The minimum absolute atomic E-state index is 0.169. The van der Waals surface area contributed by atoms with Gasteiger partial charge in [-0.25, -0.2) is 4.39 Å². The van der Waals surface area contributed by atoms with Crippen molar-refractivity contribution in [3.63, 3.8) is 0 Å². The van der Waals surface area contributed by atoms with E-state index in [4.69, 9.17) is 23.2 Å². The Morgan fingerprint density at radius 3 is 2.57 bits per heavy atom. The van der Waals surface area contributed by atoms with Crippen LogP contribution < -0.4 is 0 Å². The van der Waals surface area contributed by atoms with E-state index in [-0.39, 0.29) is 15.7 Å². The molecule has 0 amide bonds. The van der Waals surface area contributed by atoms with Crippen molar-refractivity contribution in [1.29, 1.82) is 0 Å². The second-order valence-electron chi connectivity index (χ2n) is 2.50. The number of hydrogen-bond acceptors (Lipinski definition) is 3.